The van der Waals surface area contributed by atoms with Gasteiger partial charge in [-0.05, 0) is 61.2 Å². The van der Waals surface area contributed by atoms with Gasteiger partial charge in [-0.2, -0.15) is 0 Å². The van der Waals surface area contributed by atoms with Crippen molar-refractivity contribution >= 4 is 24.3 Å². The Bertz CT molecular complexity index is 1000. The molecule has 38 heavy (non-hydrogen) atoms. The topological polar surface area (TPSA) is 96.3 Å². The second-order valence-corrected chi connectivity index (χ2v) is 11.0. The number of fused-ring (bicyclic) bond motifs is 3. The van der Waals surface area contributed by atoms with Crippen LogP contribution >= 0.6 is 12.4 Å². The van der Waals surface area contributed by atoms with Crippen LogP contribution in [0.25, 0.3) is 0 Å². The van der Waals surface area contributed by atoms with Crippen LogP contribution in [-0.2, 0) is 30.3 Å². The number of benzene rings is 2. The fourth-order valence-electron chi connectivity index (χ4n) is 5.62. The predicted octanol–water partition coefficient (Wildman–Crippen LogP) is 4.39. The molecule has 3 fully saturated rings. The number of aliphatic hydroxyl groups is 2. The Balaban J connectivity index is 0.00000400. The molecule has 3 aliphatic rings. The normalized spacial score (nSPS) is 24.6. The van der Waals surface area contributed by atoms with Crippen LogP contribution in [0.1, 0.15) is 58.1 Å². The quantitative estimate of drug-likeness (QED) is 0.356. The van der Waals surface area contributed by atoms with Gasteiger partial charge in [0, 0.05) is 0 Å². The van der Waals surface area contributed by atoms with Crippen LogP contribution in [0.15, 0.2) is 60.7 Å². The molecule has 0 aromatic heterocycles. The molecule has 3 heterocycles. The molecule has 2 aromatic rings. The summed E-state index contributed by atoms with van der Waals surface area (Å²) in [4.78, 5) is 29.5. The highest BCUT2D eigenvalue weighted by molar-refractivity contribution is 5.85. The standard InChI is InChI=1S/C30H39NO6.ClH/c1-20(2)29(34,23-11-7-5-8-12-23)27(32)36-26(25-19-22-15-17-31(25)18-16-22)37-28(33)30(35,21(3)4)24-13-9-6-10-14-24;/h5-14,20-22,25-26,34-35H,15-19H2,1-4H3;1H. The third kappa shape index (κ3) is 5.62. The van der Waals surface area contributed by atoms with Crippen LogP contribution < -0.4 is 0 Å². The number of rotatable bonds is 9. The predicted molar refractivity (Wildman–Crippen MR) is 146 cm³/mol. The minimum atomic E-state index is -1.93. The number of esters is 2. The molecule has 2 bridgehead atoms. The summed E-state index contributed by atoms with van der Waals surface area (Å²) in [6, 6.07) is 17.0. The molecule has 0 spiro atoms. The Labute approximate surface area is 231 Å². The van der Waals surface area contributed by atoms with Crippen molar-refractivity contribution in [3.8, 4) is 0 Å². The molecule has 0 saturated carbocycles. The van der Waals surface area contributed by atoms with Crippen LogP contribution in [0.4, 0.5) is 0 Å². The third-order valence-corrected chi connectivity index (χ3v) is 8.17. The van der Waals surface area contributed by atoms with E-state index in [0.29, 0.717) is 23.5 Å². The summed E-state index contributed by atoms with van der Waals surface area (Å²) in [6.45, 7) is 8.62. The van der Waals surface area contributed by atoms with E-state index in [4.69, 9.17) is 9.47 Å². The molecule has 208 valence electrons. The molecule has 0 amide bonds. The minimum Gasteiger partial charge on any atom is -0.421 e. The number of piperidine rings is 3. The molecular weight excluding hydrogens is 506 g/mol. The Morgan fingerprint density at radius 3 is 1.50 bits per heavy atom. The Morgan fingerprint density at radius 2 is 1.18 bits per heavy atom. The van der Waals surface area contributed by atoms with E-state index in [1.165, 1.54) is 0 Å². The van der Waals surface area contributed by atoms with Crippen molar-refractivity contribution < 1.29 is 29.3 Å². The van der Waals surface area contributed by atoms with Crippen LogP contribution in [-0.4, -0.2) is 52.5 Å². The van der Waals surface area contributed by atoms with E-state index < -0.39 is 41.3 Å². The molecule has 2 aromatic carbocycles. The zero-order chi connectivity index (χ0) is 26.8. The third-order valence-electron chi connectivity index (χ3n) is 8.17. The fraction of sp³-hybridized carbons (Fsp3) is 0.533. The van der Waals surface area contributed by atoms with Gasteiger partial charge in [0.15, 0.2) is 11.2 Å². The average molecular weight is 546 g/mol. The molecule has 3 atom stereocenters. The smallest absolute Gasteiger partial charge is 0.346 e. The molecule has 3 unspecified atom stereocenters. The van der Waals surface area contributed by atoms with E-state index in [0.717, 1.165) is 25.9 Å². The Kier molecular flexibility index (Phi) is 9.63. The summed E-state index contributed by atoms with van der Waals surface area (Å²) in [6.07, 6.45) is 1.53. The van der Waals surface area contributed by atoms with E-state index in [9.17, 15) is 19.8 Å². The summed E-state index contributed by atoms with van der Waals surface area (Å²) >= 11 is 0. The van der Waals surface area contributed by atoms with Gasteiger partial charge in [-0.15, -0.1) is 12.4 Å². The fourth-order valence-corrected chi connectivity index (χ4v) is 5.62. The summed E-state index contributed by atoms with van der Waals surface area (Å²) < 4.78 is 11.8. The van der Waals surface area contributed by atoms with Gasteiger partial charge in [0.25, 0.3) is 6.29 Å². The molecule has 3 saturated heterocycles. The van der Waals surface area contributed by atoms with E-state index in [1.807, 2.05) is 12.1 Å². The molecule has 0 radical (unpaired) electrons. The Hall–Kier alpha value is -2.45. The van der Waals surface area contributed by atoms with Gasteiger partial charge >= 0.3 is 11.9 Å². The van der Waals surface area contributed by atoms with Gasteiger partial charge in [0.2, 0.25) is 0 Å². The molecule has 2 N–H and O–H groups in total. The van der Waals surface area contributed by atoms with Crippen molar-refractivity contribution in [3.05, 3.63) is 71.8 Å². The van der Waals surface area contributed by atoms with Crippen molar-refractivity contribution in [1.29, 1.82) is 0 Å². The second kappa shape index (κ2) is 12.2. The van der Waals surface area contributed by atoms with Crippen molar-refractivity contribution in [2.24, 2.45) is 17.8 Å². The summed E-state index contributed by atoms with van der Waals surface area (Å²) in [7, 11) is 0. The maximum atomic E-state index is 13.7. The van der Waals surface area contributed by atoms with Gasteiger partial charge in [-0.25, -0.2) is 9.59 Å². The summed E-state index contributed by atoms with van der Waals surface area (Å²) in [5, 5.41) is 23.2. The van der Waals surface area contributed by atoms with Gasteiger partial charge in [0.05, 0.1) is 6.04 Å². The number of nitrogens with zero attached hydrogens (tertiary/aromatic N) is 1. The maximum absolute atomic E-state index is 13.7. The van der Waals surface area contributed by atoms with Crippen molar-refractivity contribution in [2.75, 3.05) is 13.1 Å². The van der Waals surface area contributed by atoms with Gasteiger partial charge in [0.1, 0.15) is 0 Å². The SMILES string of the molecule is CC(C)C(O)(C(=O)OC(OC(=O)C(O)(c1ccccc1)C(C)C)C1CC2CCN1CC2)c1ccccc1.Cl. The zero-order valence-electron chi connectivity index (χ0n) is 22.6. The lowest BCUT2D eigenvalue weighted by Gasteiger charge is -2.47. The second-order valence-electron chi connectivity index (χ2n) is 11.0. The van der Waals surface area contributed by atoms with Gasteiger partial charge < -0.3 is 19.7 Å². The number of halogens is 1. The van der Waals surface area contributed by atoms with Crippen molar-refractivity contribution in [1.82, 2.24) is 4.90 Å². The molecular formula is C30H40ClNO6. The van der Waals surface area contributed by atoms with E-state index in [2.05, 4.69) is 4.90 Å². The summed E-state index contributed by atoms with van der Waals surface area (Å²) in [5.74, 6) is -2.30. The van der Waals surface area contributed by atoms with Gasteiger partial charge in [-0.1, -0.05) is 88.4 Å². The number of ether oxygens (including phenoxy) is 2. The first-order valence-corrected chi connectivity index (χ1v) is 13.3. The van der Waals surface area contributed by atoms with Crippen LogP contribution in [0, 0.1) is 17.8 Å². The lowest BCUT2D eigenvalue weighted by Crippen LogP contribution is -2.58. The van der Waals surface area contributed by atoms with Crippen LogP contribution in [0.3, 0.4) is 0 Å². The lowest BCUT2D eigenvalue weighted by molar-refractivity contribution is -0.233. The van der Waals surface area contributed by atoms with Crippen molar-refractivity contribution in [3.63, 3.8) is 0 Å². The molecule has 7 nitrogen and oxygen atoms in total. The highest BCUT2D eigenvalue weighted by Gasteiger charge is 2.50. The monoisotopic (exact) mass is 545 g/mol. The first kappa shape index (κ1) is 30.1. The number of carbonyl (C=O) groups excluding carboxylic acids is 2. The Morgan fingerprint density at radius 1 is 0.789 bits per heavy atom. The molecule has 5 rings (SSSR count). The van der Waals surface area contributed by atoms with Crippen LogP contribution in [0.5, 0.6) is 0 Å². The lowest BCUT2D eigenvalue weighted by atomic mass is 9.82. The molecule has 0 aliphatic carbocycles. The zero-order valence-corrected chi connectivity index (χ0v) is 23.4. The first-order valence-electron chi connectivity index (χ1n) is 13.3. The average Bonchev–Trinajstić information content (AvgIpc) is 2.92. The summed E-state index contributed by atoms with van der Waals surface area (Å²) in [5.41, 5.74) is -3.03. The van der Waals surface area contributed by atoms with Gasteiger partial charge in [-0.3, -0.25) is 4.90 Å². The number of carbonyl (C=O) groups is 2. The molecule has 8 heteroatoms. The highest BCUT2D eigenvalue weighted by Crippen LogP contribution is 2.38. The number of hydrogen-bond donors (Lipinski definition) is 2. The minimum absolute atomic E-state index is 0. The largest absolute Gasteiger partial charge is 0.421 e. The first-order chi connectivity index (χ1) is 17.6. The van der Waals surface area contributed by atoms with E-state index in [1.54, 1.807) is 76.2 Å². The van der Waals surface area contributed by atoms with E-state index in [-0.39, 0.29) is 18.4 Å². The maximum Gasteiger partial charge on any atom is 0.346 e. The van der Waals surface area contributed by atoms with E-state index >= 15 is 0 Å². The van der Waals surface area contributed by atoms with Crippen LogP contribution in [0.2, 0.25) is 0 Å². The molecule has 3 aliphatic heterocycles. The van der Waals surface area contributed by atoms with Crippen molar-refractivity contribution in [2.45, 2.75) is 70.5 Å². The highest BCUT2D eigenvalue weighted by atomic mass is 35.5. The number of hydrogen-bond acceptors (Lipinski definition) is 7.